The number of esters is 1. The van der Waals surface area contributed by atoms with E-state index in [4.69, 9.17) is 0 Å². The normalized spacial score (nSPS) is 9.52. The molecule has 86 heavy (non-hydrogen) atoms. The number of ether oxygens (including phenoxy) is 1. The van der Waals surface area contributed by atoms with E-state index < -0.39 is 69.4 Å². The van der Waals surface area contributed by atoms with Gasteiger partial charge in [0.1, 0.15) is 50.9 Å². The molecule has 0 aliphatic rings. The summed E-state index contributed by atoms with van der Waals surface area (Å²) in [6.45, 7) is 22.2. The second-order valence-corrected chi connectivity index (χ2v) is 34.2. The maximum atomic E-state index is 10.3. The number of carbonyl (C=O) groups is 6. The molecule has 4 amide bonds. The molecular formula is C49H129N9O21S7. The fraction of sp³-hybridized carbons (Fsp3) is 0.878. The van der Waals surface area contributed by atoms with E-state index in [0.717, 1.165) is 52.4 Å². The first-order valence-corrected chi connectivity index (χ1v) is 39.4. The molecule has 0 aromatic carbocycles. The minimum Gasteiger partial charge on any atom is -0.469 e. The summed E-state index contributed by atoms with van der Waals surface area (Å²) in [6.07, 6.45) is 13.0. The summed E-state index contributed by atoms with van der Waals surface area (Å²) in [6, 6.07) is -0.157. The fourth-order valence-corrected chi connectivity index (χ4v) is 0.125. The molecule has 4 N–H and O–H groups in total. The van der Waals surface area contributed by atoms with Gasteiger partial charge in [0, 0.05) is 133 Å². The molecule has 538 valence electrons. The topological polar surface area (TPSA) is 415 Å². The zero-order valence-electron chi connectivity index (χ0n) is 60.5. The van der Waals surface area contributed by atoms with Gasteiger partial charge < -0.3 is 45.0 Å². The summed E-state index contributed by atoms with van der Waals surface area (Å²) in [7, 11) is 9.50. The lowest BCUT2D eigenvalue weighted by Crippen LogP contribution is -2.28. The number of urea groups is 1. The highest BCUT2D eigenvalue weighted by molar-refractivity contribution is 7.91. The van der Waals surface area contributed by atoms with Gasteiger partial charge in [-0.25, -0.2) is 77.1 Å². The SMILES string of the molecule is CC(=O)N(C)C.CC(C)=O.CC(C)=O.CCC.CCC.CCS(C)(=O)=O.CCS(C)(=O)=O.CN(C)C.CN(C)C.CN(C)S(C)(=O)=O.CN(C)S(C)(=O)=O.CNC(=O)NC.CNC(C)=O.CNS(C)(=O)=O.COC(C)=O.CS(C)(=O)=O.CS(C)(=O)=O. The van der Waals surface area contributed by atoms with Gasteiger partial charge in [-0.1, -0.05) is 54.4 Å². The van der Waals surface area contributed by atoms with Gasteiger partial charge >= 0.3 is 12.0 Å². The van der Waals surface area contributed by atoms with Crippen LogP contribution < -0.4 is 20.7 Å². The zero-order chi connectivity index (χ0) is 75.2. The molecule has 30 nitrogen and oxygen atoms in total. The molecule has 0 saturated heterocycles. The number of methoxy groups -OCH3 is 1. The van der Waals surface area contributed by atoms with E-state index >= 15 is 0 Å². The highest BCUT2D eigenvalue weighted by Gasteiger charge is 2.01. The number of ketones is 2. The van der Waals surface area contributed by atoms with Gasteiger partial charge in [0.25, 0.3) is 0 Å². The Morgan fingerprint density at radius 2 is 0.477 bits per heavy atom. The second-order valence-electron chi connectivity index (χ2n) is 18.4. The Morgan fingerprint density at radius 3 is 0.477 bits per heavy atom. The Morgan fingerprint density at radius 1 is 0.384 bits per heavy atom. The third-order valence-corrected chi connectivity index (χ3v) is 9.96. The maximum Gasteiger partial charge on any atom is 0.314 e. The van der Waals surface area contributed by atoms with Crippen molar-refractivity contribution in [3.8, 4) is 0 Å². The molecule has 0 aliphatic carbocycles. The Hall–Kier alpha value is -3.53. The molecule has 0 bridgehead atoms. The summed E-state index contributed by atoms with van der Waals surface area (Å²) >= 11 is 0. The molecule has 0 rings (SSSR count). The number of Topliss-reactive ketones (excluding diaryl/α,β-unsaturated/α-hetero) is 2. The number of nitrogens with one attached hydrogen (secondary N) is 4. The summed E-state index contributed by atoms with van der Waals surface area (Å²) in [5.41, 5.74) is 0. The molecule has 0 aromatic heterocycles. The standard InChI is InChI=1S/C4H9NO.C3H8N2O.2C3H9NO2S.C3H7NO.2C3H9N.2C3H8O2S.C3H6O2.2C3H6O.2C3H8.C2H7NO2S.2C2H6O2S/c1-4(6)5(2)3;1-4-3(6)5-2;2*1-4(2)7(3,5)6;1-3(5)4-2;2*1-4(2)3;2*1-3-6(2,4)5;1-3(4)5-2;2*1-3(2)4;2*1-3-2;1-3-6(2,4)5;2*1-5(2,3)4/h1-3H3;1-2H3,(H2,4,5,6);2*1-3H3;1-2H3,(H,4,5);2*1-3H3;2*3H2,1-2H3;1-2H3;2*1-2H3;2*3H2,1-2H3;3H,1-2H3;2*1-2H3. The molecule has 0 radical (unpaired) electrons. The molecule has 0 heterocycles. The average molecular weight is 1410 g/mol. The number of hydrogen-bond acceptors (Lipinski definition) is 23. The van der Waals surface area contributed by atoms with Gasteiger partial charge in [0.15, 0.2) is 0 Å². The number of sulfone groups is 4. The van der Waals surface area contributed by atoms with Crippen molar-refractivity contribution in [3.63, 3.8) is 0 Å². The molecule has 0 fully saturated rings. The minimum absolute atomic E-state index is 0.00463. The van der Waals surface area contributed by atoms with Crippen LogP contribution in [-0.2, 0) is 98.1 Å². The van der Waals surface area contributed by atoms with E-state index in [1.807, 2.05) is 52.1 Å². The summed E-state index contributed by atoms with van der Waals surface area (Å²) in [4.78, 5) is 63.7. The van der Waals surface area contributed by atoms with E-state index in [-0.39, 0.29) is 46.9 Å². The molecule has 0 unspecified atom stereocenters. The summed E-state index contributed by atoms with van der Waals surface area (Å²) in [5, 5.41) is 7.12. The van der Waals surface area contributed by atoms with Crippen LogP contribution in [0.4, 0.5) is 4.79 Å². The van der Waals surface area contributed by atoms with Crippen LogP contribution in [0.5, 0.6) is 0 Å². The van der Waals surface area contributed by atoms with Gasteiger partial charge in [-0.15, -0.1) is 0 Å². The van der Waals surface area contributed by atoms with Gasteiger partial charge in [-0.05, 0) is 77.0 Å². The number of hydrogen-bond donors (Lipinski definition) is 4. The Bertz CT molecular complexity index is 2140. The highest BCUT2D eigenvalue weighted by atomic mass is 32.2. The number of amides is 4. The van der Waals surface area contributed by atoms with Crippen LogP contribution in [0.3, 0.4) is 0 Å². The van der Waals surface area contributed by atoms with Crippen molar-refractivity contribution in [1.29, 1.82) is 0 Å². The van der Waals surface area contributed by atoms with Crippen LogP contribution in [0, 0.1) is 0 Å². The molecule has 0 saturated carbocycles. The molecular weight excluding hydrogens is 1280 g/mol. The lowest BCUT2D eigenvalue weighted by atomic mass is 10.6. The van der Waals surface area contributed by atoms with Crippen LogP contribution in [-0.4, -0.2) is 305 Å². The van der Waals surface area contributed by atoms with Crippen molar-refractivity contribution in [2.24, 2.45) is 0 Å². The van der Waals surface area contributed by atoms with Crippen LogP contribution in [0.2, 0.25) is 0 Å². The third kappa shape index (κ3) is 585. The van der Waals surface area contributed by atoms with E-state index in [0.29, 0.717) is 0 Å². The lowest BCUT2D eigenvalue weighted by Gasteiger charge is -2.02. The van der Waals surface area contributed by atoms with Crippen molar-refractivity contribution >= 4 is 105 Å². The number of carbonyl (C=O) groups excluding carboxylic acids is 6. The van der Waals surface area contributed by atoms with Gasteiger partial charge in [-0.3, -0.25) is 14.4 Å². The number of nitrogens with zero attached hydrogens (tertiary/aromatic N) is 5. The summed E-state index contributed by atoms with van der Waals surface area (Å²) < 4.78 is 148. The van der Waals surface area contributed by atoms with Crippen molar-refractivity contribution < 1.29 is 92.4 Å². The predicted octanol–water partition coefficient (Wildman–Crippen LogP) is 1.55. The molecule has 37 heteroatoms. The number of sulfonamides is 3. The van der Waals surface area contributed by atoms with E-state index in [2.05, 4.69) is 53.1 Å². The van der Waals surface area contributed by atoms with Crippen molar-refractivity contribution in [1.82, 2.24) is 44.0 Å². The third-order valence-electron chi connectivity index (χ3n) is 4.47. The van der Waals surface area contributed by atoms with Gasteiger partial charge in [0.2, 0.25) is 41.9 Å². The summed E-state index contributed by atoms with van der Waals surface area (Å²) in [5.74, 6) is 0.671. The fourth-order valence-electron chi connectivity index (χ4n) is 0.125. The van der Waals surface area contributed by atoms with Gasteiger partial charge in [-0.2, -0.15) is 0 Å². The quantitative estimate of drug-likeness (QED) is 0.284. The van der Waals surface area contributed by atoms with E-state index in [1.165, 1.54) is 121 Å². The largest absolute Gasteiger partial charge is 0.469 e. The molecule has 0 aliphatic heterocycles. The average Bonchev–Trinajstić information content (AvgIpc) is 3.25. The highest BCUT2D eigenvalue weighted by Crippen LogP contribution is 1.84. The van der Waals surface area contributed by atoms with Crippen molar-refractivity contribution in [3.05, 3.63) is 0 Å². The first kappa shape index (κ1) is 128. The van der Waals surface area contributed by atoms with E-state index in [9.17, 15) is 87.7 Å². The Kier molecular flexibility index (Phi) is 121. The first-order chi connectivity index (χ1) is 37.3. The Balaban J connectivity index is -0.0000000394. The van der Waals surface area contributed by atoms with Crippen LogP contribution in [0.15, 0.2) is 0 Å². The maximum absolute atomic E-state index is 10.3. The van der Waals surface area contributed by atoms with Gasteiger partial charge in [0.05, 0.1) is 25.9 Å². The van der Waals surface area contributed by atoms with E-state index in [1.54, 1.807) is 49.1 Å². The molecule has 0 aromatic rings. The smallest absolute Gasteiger partial charge is 0.314 e. The minimum atomic E-state index is -2.91. The molecule has 0 atom stereocenters. The van der Waals surface area contributed by atoms with Crippen molar-refractivity contribution in [2.45, 2.75) is 103 Å². The second kappa shape index (κ2) is 81.5. The predicted molar refractivity (Wildman–Crippen MR) is 362 cm³/mol. The van der Waals surface area contributed by atoms with Crippen LogP contribution >= 0.6 is 0 Å². The lowest BCUT2D eigenvalue weighted by molar-refractivity contribution is -0.138. The number of rotatable bonds is 5. The van der Waals surface area contributed by atoms with Crippen molar-refractivity contribution in [2.75, 3.05) is 188 Å². The monoisotopic (exact) mass is 1400 g/mol. The zero-order valence-corrected chi connectivity index (χ0v) is 66.2. The van der Waals surface area contributed by atoms with Crippen LogP contribution in [0.1, 0.15) is 103 Å². The molecule has 0 spiro atoms. The first-order valence-electron chi connectivity index (χ1n) is 25.1. The Labute approximate surface area is 528 Å². The van der Waals surface area contributed by atoms with Crippen LogP contribution in [0.25, 0.3) is 0 Å².